The minimum absolute atomic E-state index is 0.0326. The van der Waals surface area contributed by atoms with E-state index in [1.807, 2.05) is 23.1 Å². The lowest BCUT2D eigenvalue weighted by molar-refractivity contribution is -0.131. The molecule has 0 atom stereocenters. The lowest BCUT2D eigenvalue weighted by Crippen LogP contribution is -2.39. The average Bonchev–Trinajstić information content (AvgIpc) is 3.60. The number of aromatic nitrogens is 1. The Hall–Kier alpha value is -3.87. The average molecular weight is 459 g/mol. The van der Waals surface area contributed by atoms with Crippen LogP contribution in [0.2, 0.25) is 0 Å². The zero-order valence-electron chi connectivity index (χ0n) is 18.8. The number of ketones is 1. The number of aromatic amines is 1. The van der Waals surface area contributed by atoms with Crippen LogP contribution in [0.3, 0.4) is 0 Å². The van der Waals surface area contributed by atoms with Gasteiger partial charge in [-0.15, -0.1) is 0 Å². The Kier molecular flexibility index (Phi) is 5.92. The van der Waals surface area contributed by atoms with Crippen LogP contribution in [-0.4, -0.2) is 45.7 Å². The maximum Gasteiger partial charge on any atom is 0.377 e. The zero-order chi connectivity index (χ0) is 23.7. The number of carbonyl (C=O) groups is 3. The number of piperidine rings is 1. The van der Waals surface area contributed by atoms with E-state index in [0.717, 1.165) is 32.1 Å². The van der Waals surface area contributed by atoms with Crippen LogP contribution in [0.15, 0.2) is 60.5 Å². The SMILES string of the molecule is O=C(O)C(=O)c1c[nH]c2cc(OC=C3CC3)c(C(=O)N3CCC(Cc4ccccc4)CC3)cc12. The van der Waals surface area contributed by atoms with Crippen molar-refractivity contribution in [3.05, 3.63) is 77.2 Å². The number of benzene rings is 2. The summed E-state index contributed by atoms with van der Waals surface area (Å²) in [6, 6.07) is 13.6. The third-order valence-electron chi connectivity index (χ3n) is 6.61. The molecule has 1 aliphatic carbocycles. The van der Waals surface area contributed by atoms with E-state index in [-0.39, 0.29) is 11.5 Å². The van der Waals surface area contributed by atoms with Crippen LogP contribution in [0.4, 0.5) is 0 Å². The summed E-state index contributed by atoms with van der Waals surface area (Å²) >= 11 is 0. The fourth-order valence-corrected chi connectivity index (χ4v) is 4.51. The van der Waals surface area contributed by atoms with Crippen molar-refractivity contribution in [3.8, 4) is 5.75 Å². The number of likely N-dealkylation sites (tertiary alicyclic amines) is 1. The van der Waals surface area contributed by atoms with Crippen LogP contribution < -0.4 is 4.74 Å². The van der Waals surface area contributed by atoms with Crippen molar-refractivity contribution < 1.29 is 24.2 Å². The summed E-state index contributed by atoms with van der Waals surface area (Å²) in [5.41, 5.74) is 3.40. The van der Waals surface area contributed by atoms with Gasteiger partial charge in [-0.1, -0.05) is 30.3 Å². The number of nitrogens with one attached hydrogen (secondary N) is 1. The number of H-pyrrole nitrogens is 1. The number of hydrogen-bond donors (Lipinski definition) is 2. The molecular formula is C27H26N2O5. The predicted octanol–water partition coefficient (Wildman–Crippen LogP) is 4.59. The van der Waals surface area contributed by atoms with Crippen molar-refractivity contribution >= 4 is 28.6 Å². The largest absolute Gasteiger partial charge is 0.475 e. The number of fused-ring (bicyclic) bond motifs is 1. The van der Waals surface area contributed by atoms with Gasteiger partial charge in [-0.3, -0.25) is 9.59 Å². The fourth-order valence-electron chi connectivity index (χ4n) is 4.51. The van der Waals surface area contributed by atoms with E-state index in [1.54, 1.807) is 18.4 Å². The van der Waals surface area contributed by atoms with Crippen LogP contribution in [0.5, 0.6) is 5.75 Å². The summed E-state index contributed by atoms with van der Waals surface area (Å²) < 4.78 is 5.87. The highest BCUT2D eigenvalue weighted by Gasteiger charge is 2.28. The van der Waals surface area contributed by atoms with Crippen molar-refractivity contribution in [1.82, 2.24) is 9.88 Å². The number of Topliss-reactive ketones (excluding diaryl/α,β-unsaturated/α-hetero) is 1. The number of aliphatic carboxylic acids is 1. The lowest BCUT2D eigenvalue weighted by atomic mass is 9.90. The Balaban J connectivity index is 1.39. The van der Waals surface area contributed by atoms with Gasteiger partial charge in [0.15, 0.2) is 0 Å². The molecule has 2 fully saturated rings. The number of nitrogens with zero attached hydrogens (tertiary/aromatic N) is 1. The number of ether oxygens (including phenoxy) is 1. The molecule has 7 nitrogen and oxygen atoms in total. The van der Waals surface area contributed by atoms with Crippen LogP contribution >= 0.6 is 0 Å². The normalized spacial score (nSPS) is 15.9. The minimum Gasteiger partial charge on any atom is -0.475 e. The van der Waals surface area contributed by atoms with E-state index in [1.165, 1.54) is 17.3 Å². The van der Waals surface area contributed by atoms with Crippen molar-refractivity contribution in [3.63, 3.8) is 0 Å². The number of amides is 1. The molecule has 174 valence electrons. The molecule has 1 saturated carbocycles. The summed E-state index contributed by atoms with van der Waals surface area (Å²) in [7, 11) is 0. The molecule has 1 amide bonds. The van der Waals surface area contributed by atoms with Crippen LogP contribution in [0.25, 0.3) is 10.9 Å². The summed E-state index contributed by atoms with van der Waals surface area (Å²) in [6.45, 7) is 1.28. The van der Waals surface area contributed by atoms with Crippen molar-refractivity contribution in [2.45, 2.75) is 32.1 Å². The summed E-state index contributed by atoms with van der Waals surface area (Å²) in [5.74, 6) is -1.79. The molecule has 2 N–H and O–H groups in total. The Labute approximate surface area is 197 Å². The van der Waals surface area contributed by atoms with Gasteiger partial charge in [0.05, 0.1) is 17.4 Å². The van der Waals surface area contributed by atoms with Crippen molar-refractivity contribution in [2.75, 3.05) is 13.1 Å². The number of hydrogen-bond acceptors (Lipinski definition) is 4. The molecule has 34 heavy (non-hydrogen) atoms. The highest BCUT2D eigenvalue weighted by Crippen LogP contribution is 2.33. The number of carboxylic acid groups (broad SMARTS) is 1. The van der Waals surface area contributed by atoms with Crippen LogP contribution in [0, 0.1) is 5.92 Å². The maximum absolute atomic E-state index is 13.5. The van der Waals surface area contributed by atoms with Crippen molar-refractivity contribution in [1.29, 1.82) is 0 Å². The van der Waals surface area contributed by atoms with Gasteiger partial charge in [0.2, 0.25) is 0 Å². The Morgan fingerprint density at radius 1 is 1.06 bits per heavy atom. The van der Waals surface area contributed by atoms with Gasteiger partial charge < -0.3 is 19.7 Å². The van der Waals surface area contributed by atoms with Gasteiger partial charge in [0, 0.05) is 36.3 Å². The molecule has 2 aliphatic rings. The molecule has 0 bridgehead atoms. The number of rotatable bonds is 7. The van der Waals surface area contributed by atoms with E-state index in [4.69, 9.17) is 9.84 Å². The second kappa shape index (κ2) is 9.17. The Bertz CT molecular complexity index is 1280. The van der Waals surface area contributed by atoms with Crippen molar-refractivity contribution in [2.24, 2.45) is 5.92 Å². The second-order valence-corrected chi connectivity index (χ2v) is 9.05. The molecule has 5 rings (SSSR count). The first-order valence-corrected chi connectivity index (χ1v) is 11.6. The van der Waals surface area contributed by atoms with Crippen LogP contribution in [-0.2, 0) is 11.2 Å². The lowest BCUT2D eigenvalue weighted by Gasteiger charge is -2.32. The van der Waals surface area contributed by atoms with Crippen LogP contribution in [0.1, 0.15) is 52.0 Å². The van der Waals surface area contributed by atoms with Gasteiger partial charge in [0.25, 0.3) is 11.7 Å². The molecule has 1 aliphatic heterocycles. The van der Waals surface area contributed by atoms with Gasteiger partial charge >= 0.3 is 5.97 Å². The molecule has 0 radical (unpaired) electrons. The summed E-state index contributed by atoms with van der Waals surface area (Å²) in [6.07, 6.45) is 7.84. The zero-order valence-corrected chi connectivity index (χ0v) is 18.8. The van der Waals surface area contributed by atoms with E-state index >= 15 is 0 Å². The first-order chi connectivity index (χ1) is 16.5. The second-order valence-electron chi connectivity index (χ2n) is 9.05. The molecule has 2 heterocycles. The topological polar surface area (TPSA) is 99.7 Å². The third kappa shape index (κ3) is 4.59. The van der Waals surface area contributed by atoms with Gasteiger partial charge in [-0.25, -0.2) is 4.79 Å². The molecule has 0 spiro atoms. The third-order valence-corrected chi connectivity index (χ3v) is 6.61. The van der Waals surface area contributed by atoms with Gasteiger partial charge in [-0.05, 0) is 55.2 Å². The molecule has 1 aromatic heterocycles. The summed E-state index contributed by atoms with van der Waals surface area (Å²) in [4.78, 5) is 41.7. The van der Waals surface area contributed by atoms with Gasteiger partial charge in [0.1, 0.15) is 5.75 Å². The highest BCUT2D eigenvalue weighted by atomic mass is 16.5. The quantitative estimate of drug-likeness (QED) is 0.307. The minimum atomic E-state index is -1.53. The van der Waals surface area contributed by atoms with E-state index in [0.29, 0.717) is 41.2 Å². The predicted molar refractivity (Wildman–Crippen MR) is 127 cm³/mol. The Morgan fingerprint density at radius 3 is 2.47 bits per heavy atom. The maximum atomic E-state index is 13.5. The number of carbonyl (C=O) groups excluding carboxylic acids is 2. The molecule has 2 aromatic carbocycles. The van der Waals surface area contributed by atoms with E-state index in [9.17, 15) is 14.4 Å². The first-order valence-electron chi connectivity index (χ1n) is 11.6. The summed E-state index contributed by atoms with van der Waals surface area (Å²) in [5, 5.41) is 9.57. The van der Waals surface area contributed by atoms with E-state index < -0.39 is 11.8 Å². The smallest absolute Gasteiger partial charge is 0.377 e. The van der Waals surface area contributed by atoms with Gasteiger partial charge in [-0.2, -0.15) is 0 Å². The number of carboxylic acids is 1. The molecule has 1 saturated heterocycles. The monoisotopic (exact) mass is 458 g/mol. The Morgan fingerprint density at radius 2 is 1.79 bits per heavy atom. The standard InChI is InChI=1S/C27H26N2O5/c30-25(27(32)33)22-15-28-23-14-24(34-16-19-6-7-19)21(13-20(22)23)26(31)29-10-8-18(9-11-29)12-17-4-2-1-3-5-17/h1-5,13-16,18,28H,6-12H2,(H,32,33). The highest BCUT2D eigenvalue weighted by molar-refractivity contribution is 6.42. The number of allylic oxidation sites excluding steroid dienone is 1. The molecule has 7 heteroatoms. The molecule has 0 unspecified atom stereocenters. The van der Waals surface area contributed by atoms with E-state index in [2.05, 4.69) is 17.1 Å². The first kappa shape index (κ1) is 21.9. The molecular weight excluding hydrogens is 432 g/mol. The molecule has 3 aromatic rings. The fraction of sp³-hybridized carbons (Fsp3) is 0.296.